The molecule has 0 aliphatic carbocycles. The van der Waals surface area contributed by atoms with Crippen LogP contribution in [0.2, 0.25) is 0 Å². The van der Waals surface area contributed by atoms with E-state index >= 15 is 0 Å². The van der Waals surface area contributed by atoms with Crippen LogP contribution >= 0.6 is 0 Å². The van der Waals surface area contributed by atoms with Crippen molar-refractivity contribution in [1.82, 2.24) is 10.3 Å². The van der Waals surface area contributed by atoms with Gasteiger partial charge >= 0.3 is 0 Å². The second-order valence-electron chi connectivity index (χ2n) is 9.39. The van der Waals surface area contributed by atoms with Gasteiger partial charge in [0.05, 0.1) is 0 Å². The first kappa shape index (κ1) is 22.5. The van der Waals surface area contributed by atoms with Crippen molar-refractivity contribution in [3.8, 4) is 11.5 Å². The van der Waals surface area contributed by atoms with Gasteiger partial charge in [0.15, 0.2) is 11.5 Å². The Balaban J connectivity index is 0.973. The number of nitrogens with one attached hydrogen (secondary N) is 3. The van der Waals surface area contributed by atoms with Crippen LogP contribution < -0.4 is 25.0 Å². The highest BCUT2D eigenvalue weighted by Gasteiger charge is 2.20. The van der Waals surface area contributed by atoms with Crippen molar-refractivity contribution in [2.75, 3.05) is 36.6 Å². The molecule has 0 spiro atoms. The summed E-state index contributed by atoms with van der Waals surface area (Å²) in [4.78, 5) is 18.4. The number of H-pyrrole nitrogens is 1. The molecular formula is C29H30N4O3. The number of nitrogens with zero attached hydrogens (tertiary/aromatic N) is 1. The molecule has 0 atom stereocenters. The summed E-state index contributed by atoms with van der Waals surface area (Å²) >= 11 is 0. The van der Waals surface area contributed by atoms with E-state index in [0.717, 1.165) is 44.6 Å². The van der Waals surface area contributed by atoms with E-state index in [9.17, 15) is 4.79 Å². The molecule has 0 bridgehead atoms. The summed E-state index contributed by atoms with van der Waals surface area (Å²) in [6.07, 6.45) is 5.41. The van der Waals surface area contributed by atoms with Crippen LogP contribution in [0, 0.1) is 0 Å². The standard InChI is InChI=1S/C29H30N4O3/c34-29(20-5-10-27-28(17-20)36-19-35-27)32-23-6-8-24(9-7-23)33-15-12-22(13-16-33)30-14-11-21-18-31-26-4-2-1-3-25(21)26/h1-10,17-18,22,30-31H,11-16,19H2,(H,32,34). The van der Waals surface area contributed by atoms with Crippen LogP contribution in [0.1, 0.15) is 28.8 Å². The minimum Gasteiger partial charge on any atom is -0.454 e. The van der Waals surface area contributed by atoms with E-state index in [4.69, 9.17) is 9.47 Å². The van der Waals surface area contributed by atoms with Crippen molar-refractivity contribution in [3.05, 3.63) is 84.1 Å². The number of hydrogen-bond donors (Lipinski definition) is 3. The van der Waals surface area contributed by atoms with E-state index in [2.05, 4.69) is 63.1 Å². The summed E-state index contributed by atoms with van der Waals surface area (Å²) in [6.45, 7) is 3.23. The Morgan fingerprint density at radius 2 is 1.78 bits per heavy atom. The van der Waals surface area contributed by atoms with Crippen molar-refractivity contribution in [2.45, 2.75) is 25.3 Å². The lowest BCUT2D eigenvalue weighted by Crippen LogP contribution is -2.43. The maximum atomic E-state index is 12.6. The number of aromatic nitrogens is 1. The molecule has 36 heavy (non-hydrogen) atoms. The molecule has 1 fully saturated rings. The number of para-hydroxylation sites is 1. The lowest BCUT2D eigenvalue weighted by molar-refractivity contribution is 0.102. The number of carbonyl (C=O) groups excluding carboxylic acids is 1. The summed E-state index contributed by atoms with van der Waals surface area (Å²) in [5.41, 5.74) is 5.09. The van der Waals surface area contributed by atoms with Crippen LogP contribution in [0.15, 0.2) is 72.9 Å². The fraction of sp³-hybridized carbons (Fsp3) is 0.276. The van der Waals surface area contributed by atoms with E-state index < -0.39 is 0 Å². The smallest absolute Gasteiger partial charge is 0.255 e. The first-order chi connectivity index (χ1) is 17.7. The fourth-order valence-electron chi connectivity index (χ4n) is 5.09. The van der Waals surface area contributed by atoms with Gasteiger partial charge in [-0.25, -0.2) is 0 Å². The predicted octanol–water partition coefficient (Wildman–Crippen LogP) is 4.95. The van der Waals surface area contributed by atoms with E-state index in [-0.39, 0.29) is 12.7 Å². The van der Waals surface area contributed by atoms with Crippen LogP contribution in [0.5, 0.6) is 11.5 Å². The normalized spacial score (nSPS) is 15.4. The van der Waals surface area contributed by atoms with Gasteiger partial charge in [-0.3, -0.25) is 4.79 Å². The number of aromatic amines is 1. The summed E-state index contributed by atoms with van der Waals surface area (Å²) < 4.78 is 10.7. The first-order valence-electron chi connectivity index (χ1n) is 12.6. The second kappa shape index (κ2) is 9.95. The highest BCUT2D eigenvalue weighted by atomic mass is 16.7. The molecule has 0 unspecified atom stereocenters. The highest BCUT2D eigenvalue weighted by molar-refractivity contribution is 6.04. The molecule has 1 aromatic heterocycles. The monoisotopic (exact) mass is 482 g/mol. The first-order valence-corrected chi connectivity index (χ1v) is 12.6. The lowest BCUT2D eigenvalue weighted by Gasteiger charge is -2.34. The van der Waals surface area contributed by atoms with Crippen molar-refractivity contribution in [2.24, 2.45) is 0 Å². The van der Waals surface area contributed by atoms with E-state index in [1.54, 1.807) is 18.2 Å². The Morgan fingerprint density at radius 1 is 0.972 bits per heavy atom. The minimum atomic E-state index is -0.166. The average molecular weight is 483 g/mol. The molecule has 0 radical (unpaired) electrons. The third-order valence-corrected chi connectivity index (χ3v) is 7.12. The van der Waals surface area contributed by atoms with Crippen molar-refractivity contribution >= 4 is 28.2 Å². The molecular weight excluding hydrogens is 452 g/mol. The number of fused-ring (bicyclic) bond motifs is 2. The topological polar surface area (TPSA) is 78.6 Å². The van der Waals surface area contributed by atoms with Crippen molar-refractivity contribution < 1.29 is 14.3 Å². The number of ether oxygens (including phenoxy) is 2. The van der Waals surface area contributed by atoms with Crippen LogP contribution in [-0.2, 0) is 6.42 Å². The Bertz CT molecular complexity index is 1360. The molecule has 1 amide bonds. The Hall–Kier alpha value is -3.97. The summed E-state index contributed by atoms with van der Waals surface area (Å²) in [5.74, 6) is 1.11. The van der Waals surface area contributed by atoms with E-state index in [1.807, 2.05) is 12.1 Å². The van der Waals surface area contributed by atoms with Gasteiger partial charge in [0.25, 0.3) is 5.91 Å². The Labute approximate surface area is 210 Å². The zero-order chi connectivity index (χ0) is 24.3. The molecule has 7 heteroatoms. The largest absolute Gasteiger partial charge is 0.454 e. The van der Waals surface area contributed by atoms with Gasteiger partial charge in [0, 0.05) is 53.2 Å². The zero-order valence-electron chi connectivity index (χ0n) is 20.1. The molecule has 0 saturated carbocycles. The lowest BCUT2D eigenvalue weighted by atomic mass is 10.0. The summed E-state index contributed by atoms with van der Waals surface area (Å²) in [6, 6.07) is 22.4. The quantitative estimate of drug-likeness (QED) is 0.347. The van der Waals surface area contributed by atoms with Crippen LogP contribution in [0.3, 0.4) is 0 Å². The minimum absolute atomic E-state index is 0.166. The van der Waals surface area contributed by atoms with Gasteiger partial charge in [-0.1, -0.05) is 18.2 Å². The number of benzene rings is 3. The SMILES string of the molecule is O=C(Nc1ccc(N2CCC(NCCc3c[nH]c4ccccc34)CC2)cc1)c1ccc2c(c1)OCO2. The molecule has 184 valence electrons. The van der Waals surface area contributed by atoms with Gasteiger partial charge in [0.2, 0.25) is 6.79 Å². The van der Waals surface area contributed by atoms with Gasteiger partial charge in [-0.05, 0) is 79.9 Å². The van der Waals surface area contributed by atoms with Gasteiger partial charge in [-0.2, -0.15) is 0 Å². The van der Waals surface area contributed by atoms with Crippen molar-refractivity contribution in [3.63, 3.8) is 0 Å². The zero-order valence-corrected chi connectivity index (χ0v) is 20.1. The summed E-state index contributed by atoms with van der Waals surface area (Å²) in [7, 11) is 0. The number of carbonyl (C=O) groups is 1. The van der Waals surface area contributed by atoms with Gasteiger partial charge in [0.1, 0.15) is 0 Å². The number of amides is 1. The third-order valence-electron chi connectivity index (χ3n) is 7.12. The summed E-state index contributed by atoms with van der Waals surface area (Å²) in [5, 5.41) is 8.04. The molecule has 2 aliphatic heterocycles. The number of rotatable bonds is 7. The Kier molecular flexibility index (Phi) is 6.22. The van der Waals surface area contributed by atoms with Crippen LogP contribution in [0.25, 0.3) is 10.9 Å². The van der Waals surface area contributed by atoms with Crippen LogP contribution in [0.4, 0.5) is 11.4 Å². The van der Waals surface area contributed by atoms with E-state index in [0.29, 0.717) is 23.1 Å². The molecule has 4 aromatic rings. The maximum absolute atomic E-state index is 12.6. The van der Waals surface area contributed by atoms with Crippen LogP contribution in [-0.4, -0.2) is 43.4 Å². The van der Waals surface area contributed by atoms with Crippen molar-refractivity contribution in [1.29, 1.82) is 0 Å². The number of anilines is 2. The molecule has 3 N–H and O–H groups in total. The number of piperidine rings is 1. The predicted molar refractivity (Wildman–Crippen MR) is 142 cm³/mol. The fourth-order valence-corrected chi connectivity index (χ4v) is 5.09. The highest BCUT2D eigenvalue weighted by Crippen LogP contribution is 2.32. The van der Waals surface area contributed by atoms with Gasteiger partial charge < -0.3 is 30.0 Å². The molecule has 3 aromatic carbocycles. The molecule has 6 rings (SSSR count). The number of hydrogen-bond acceptors (Lipinski definition) is 5. The molecule has 7 nitrogen and oxygen atoms in total. The molecule has 2 aliphatic rings. The second-order valence-corrected chi connectivity index (χ2v) is 9.39. The molecule has 3 heterocycles. The molecule has 1 saturated heterocycles. The average Bonchev–Trinajstić information content (AvgIpc) is 3.56. The third kappa shape index (κ3) is 4.75. The van der Waals surface area contributed by atoms with E-state index in [1.165, 1.54) is 22.2 Å². The Morgan fingerprint density at radius 3 is 2.64 bits per heavy atom. The van der Waals surface area contributed by atoms with Gasteiger partial charge in [-0.15, -0.1) is 0 Å². The maximum Gasteiger partial charge on any atom is 0.255 e.